The van der Waals surface area contributed by atoms with Crippen molar-refractivity contribution in [2.24, 2.45) is 0 Å². The predicted octanol–water partition coefficient (Wildman–Crippen LogP) is 11.5. The number of hydrogen-bond donors (Lipinski definition) is 0. The highest BCUT2D eigenvalue weighted by atomic mass is 16.1. The van der Waals surface area contributed by atoms with Gasteiger partial charge in [0.05, 0.1) is 0 Å². The van der Waals surface area contributed by atoms with Gasteiger partial charge in [0, 0.05) is 24.0 Å². The number of carbonyl (C=O) groups is 2. The van der Waals surface area contributed by atoms with Gasteiger partial charge < -0.3 is 0 Å². The first-order chi connectivity index (χ1) is 17.7. The highest BCUT2D eigenvalue weighted by molar-refractivity contribution is 6.08. The number of ketones is 2. The van der Waals surface area contributed by atoms with Crippen molar-refractivity contribution in [3.63, 3.8) is 0 Å². The van der Waals surface area contributed by atoms with E-state index in [0.29, 0.717) is 24.0 Å². The van der Waals surface area contributed by atoms with Gasteiger partial charge in [0.2, 0.25) is 0 Å². The Hall–Kier alpha value is -1.44. The van der Waals surface area contributed by atoms with Gasteiger partial charge in [-0.1, -0.05) is 167 Å². The minimum Gasteiger partial charge on any atom is -0.294 e. The van der Waals surface area contributed by atoms with Crippen LogP contribution in [0.25, 0.3) is 0 Å². The number of benzene rings is 1. The van der Waals surface area contributed by atoms with E-state index in [9.17, 15) is 9.59 Å². The fourth-order valence-electron chi connectivity index (χ4n) is 5.14. The van der Waals surface area contributed by atoms with Gasteiger partial charge in [-0.3, -0.25) is 9.59 Å². The van der Waals surface area contributed by atoms with E-state index >= 15 is 0 Å². The first kappa shape index (κ1) is 32.6. The molecule has 0 atom stereocenters. The van der Waals surface area contributed by atoms with Crippen LogP contribution in [0.1, 0.15) is 189 Å². The van der Waals surface area contributed by atoms with E-state index in [1.165, 1.54) is 116 Å². The summed E-state index contributed by atoms with van der Waals surface area (Å²) >= 11 is 0. The number of Topliss-reactive ketones (excluding diaryl/α,β-unsaturated/α-hetero) is 2. The molecule has 0 N–H and O–H groups in total. The Morgan fingerprint density at radius 1 is 0.417 bits per heavy atom. The molecule has 0 aliphatic carbocycles. The highest BCUT2D eigenvalue weighted by Gasteiger charge is 2.16. The molecule has 36 heavy (non-hydrogen) atoms. The first-order valence-electron chi connectivity index (χ1n) is 15.9. The Kier molecular flexibility index (Phi) is 21.7. The fourth-order valence-corrected chi connectivity index (χ4v) is 5.14. The van der Waals surface area contributed by atoms with E-state index in [4.69, 9.17) is 0 Å². The van der Waals surface area contributed by atoms with E-state index in [1.54, 1.807) is 0 Å². The Bertz CT molecular complexity index is 606. The largest absolute Gasteiger partial charge is 0.294 e. The Balaban J connectivity index is 2.15. The van der Waals surface area contributed by atoms with Crippen LogP contribution in [-0.4, -0.2) is 11.6 Å². The second kappa shape index (κ2) is 23.9. The summed E-state index contributed by atoms with van der Waals surface area (Å²) < 4.78 is 0. The van der Waals surface area contributed by atoms with E-state index in [-0.39, 0.29) is 11.6 Å². The van der Waals surface area contributed by atoms with E-state index < -0.39 is 0 Å². The molecule has 206 valence electrons. The summed E-state index contributed by atoms with van der Waals surface area (Å²) in [4.78, 5) is 25.7. The summed E-state index contributed by atoms with van der Waals surface area (Å²) in [6, 6.07) is 7.50. The molecule has 0 aromatic heterocycles. The normalized spacial score (nSPS) is 11.2. The van der Waals surface area contributed by atoms with Crippen molar-refractivity contribution >= 4 is 11.6 Å². The topological polar surface area (TPSA) is 34.1 Å². The van der Waals surface area contributed by atoms with Crippen molar-refractivity contribution in [1.29, 1.82) is 0 Å². The second-order valence-corrected chi connectivity index (χ2v) is 11.0. The van der Waals surface area contributed by atoms with Gasteiger partial charge in [0.1, 0.15) is 0 Å². The molecule has 0 unspecified atom stereocenters. The zero-order valence-electron chi connectivity index (χ0n) is 24.1. The van der Waals surface area contributed by atoms with Gasteiger partial charge in [-0.25, -0.2) is 0 Å². The zero-order valence-corrected chi connectivity index (χ0v) is 24.1. The molecule has 1 aromatic carbocycles. The molecule has 2 heteroatoms. The molecule has 0 heterocycles. The number of rotatable bonds is 26. The Morgan fingerprint density at radius 2 is 0.667 bits per heavy atom. The van der Waals surface area contributed by atoms with Gasteiger partial charge in [0.25, 0.3) is 0 Å². The van der Waals surface area contributed by atoms with Crippen LogP contribution >= 0.6 is 0 Å². The second-order valence-electron chi connectivity index (χ2n) is 11.0. The molecule has 0 aliphatic rings. The minimum absolute atomic E-state index is 0.147. The molecule has 0 saturated carbocycles. The zero-order chi connectivity index (χ0) is 26.1. The third kappa shape index (κ3) is 17.1. The van der Waals surface area contributed by atoms with Gasteiger partial charge in [-0.05, 0) is 12.8 Å². The predicted molar refractivity (Wildman–Crippen MR) is 157 cm³/mol. The maximum atomic E-state index is 12.8. The van der Waals surface area contributed by atoms with Crippen LogP contribution in [0, 0.1) is 0 Å². The van der Waals surface area contributed by atoms with Crippen LogP contribution in [0.5, 0.6) is 0 Å². The highest BCUT2D eigenvalue weighted by Crippen LogP contribution is 2.19. The molecule has 1 aromatic rings. The third-order valence-corrected chi connectivity index (χ3v) is 7.54. The van der Waals surface area contributed by atoms with Gasteiger partial charge in [0.15, 0.2) is 11.6 Å². The van der Waals surface area contributed by atoms with E-state index in [1.807, 2.05) is 24.3 Å². The molecule has 0 spiro atoms. The average molecular weight is 499 g/mol. The van der Waals surface area contributed by atoms with Crippen LogP contribution in [-0.2, 0) is 0 Å². The minimum atomic E-state index is 0.147. The van der Waals surface area contributed by atoms with Crippen molar-refractivity contribution in [1.82, 2.24) is 0 Å². The molecule has 0 saturated heterocycles. The van der Waals surface area contributed by atoms with E-state index in [2.05, 4.69) is 13.8 Å². The standard InChI is InChI=1S/C34H58O2/c1-3-5-7-9-11-13-15-17-19-21-23-29-33(35)31-27-25-26-28-32(31)34(36)30-24-22-20-18-16-14-12-10-8-6-4-2/h25-28H,3-24,29-30H2,1-2H3. The molecule has 0 bridgehead atoms. The quantitative estimate of drug-likeness (QED) is 0.0939. The Morgan fingerprint density at radius 3 is 0.944 bits per heavy atom. The first-order valence-corrected chi connectivity index (χ1v) is 15.9. The van der Waals surface area contributed by atoms with Crippen LogP contribution in [0.15, 0.2) is 24.3 Å². The third-order valence-electron chi connectivity index (χ3n) is 7.54. The average Bonchev–Trinajstić information content (AvgIpc) is 2.90. The summed E-state index contributed by atoms with van der Waals surface area (Å²) in [7, 11) is 0. The molecule has 0 aliphatic heterocycles. The van der Waals surface area contributed by atoms with Crippen molar-refractivity contribution in [3.8, 4) is 0 Å². The molecular formula is C34H58O2. The van der Waals surface area contributed by atoms with E-state index in [0.717, 1.165) is 25.7 Å². The summed E-state index contributed by atoms with van der Waals surface area (Å²) in [5, 5.41) is 0. The van der Waals surface area contributed by atoms with Crippen molar-refractivity contribution in [2.75, 3.05) is 0 Å². The molecule has 0 amide bonds. The van der Waals surface area contributed by atoms with Crippen molar-refractivity contribution in [2.45, 2.75) is 168 Å². The summed E-state index contributed by atoms with van der Waals surface area (Å²) in [5.41, 5.74) is 1.30. The van der Waals surface area contributed by atoms with Gasteiger partial charge in [-0.2, -0.15) is 0 Å². The van der Waals surface area contributed by atoms with Gasteiger partial charge >= 0.3 is 0 Å². The smallest absolute Gasteiger partial charge is 0.163 e. The maximum Gasteiger partial charge on any atom is 0.163 e. The molecule has 0 fully saturated rings. The SMILES string of the molecule is CCCCCCCCCCCCCC(=O)c1ccccc1C(=O)CCCCCCCCCCCCC. The lowest BCUT2D eigenvalue weighted by atomic mass is 9.94. The fraction of sp³-hybridized carbons (Fsp3) is 0.765. The van der Waals surface area contributed by atoms with Crippen LogP contribution < -0.4 is 0 Å². The molecule has 1 rings (SSSR count). The summed E-state index contributed by atoms with van der Waals surface area (Å²) in [5.74, 6) is 0.294. The lowest BCUT2D eigenvalue weighted by molar-refractivity contribution is 0.0946. The van der Waals surface area contributed by atoms with Crippen molar-refractivity contribution < 1.29 is 9.59 Å². The number of hydrogen-bond acceptors (Lipinski definition) is 2. The molecule has 2 nitrogen and oxygen atoms in total. The van der Waals surface area contributed by atoms with Crippen molar-refractivity contribution in [3.05, 3.63) is 35.4 Å². The van der Waals surface area contributed by atoms with Gasteiger partial charge in [-0.15, -0.1) is 0 Å². The summed E-state index contributed by atoms with van der Waals surface area (Å²) in [6.45, 7) is 4.53. The summed E-state index contributed by atoms with van der Waals surface area (Å²) in [6.07, 6.45) is 29.4. The van der Waals surface area contributed by atoms with Crippen LogP contribution in [0.4, 0.5) is 0 Å². The maximum absolute atomic E-state index is 12.8. The Labute approximate surface area is 224 Å². The molecule has 0 radical (unpaired) electrons. The monoisotopic (exact) mass is 498 g/mol. The van der Waals surface area contributed by atoms with Crippen LogP contribution in [0.2, 0.25) is 0 Å². The van der Waals surface area contributed by atoms with Crippen LogP contribution in [0.3, 0.4) is 0 Å². The lowest BCUT2D eigenvalue weighted by Crippen LogP contribution is -2.09. The number of unbranched alkanes of at least 4 members (excludes halogenated alkanes) is 20. The molecular weight excluding hydrogens is 440 g/mol. The number of carbonyl (C=O) groups excluding carboxylic acids is 2. The lowest BCUT2D eigenvalue weighted by Gasteiger charge is -2.08.